The van der Waals surface area contributed by atoms with Crippen LogP contribution in [-0.4, -0.2) is 75.3 Å². The molecule has 1 aliphatic rings. The van der Waals surface area contributed by atoms with E-state index in [1.54, 1.807) is 0 Å². The number of aliphatic carboxylic acids is 1. The van der Waals surface area contributed by atoms with Crippen molar-refractivity contribution < 1.29 is 39.1 Å². The predicted molar refractivity (Wildman–Crippen MR) is 76.9 cm³/mol. The van der Waals surface area contributed by atoms with E-state index in [0.29, 0.717) is 0 Å². The average molecular weight is 350 g/mol. The Bertz CT molecular complexity index is 564. The van der Waals surface area contributed by atoms with E-state index in [2.05, 4.69) is 10.3 Å². The third kappa shape index (κ3) is 4.31. The van der Waals surface area contributed by atoms with Gasteiger partial charge in [-0.3, -0.25) is 4.79 Å². The molecule has 0 saturated carbocycles. The fraction of sp³-hybridized carbons (Fsp3) is 0.583. The fourth-order valence-corrected chi connectivity index (χ4v) is 2.19. The van der Waals surface area contributed by atoms with Crippen LogP contribution in [0.2, 0.25) is 0 Å². The van der Waals surface area contributed by atoms with Gasteiger partial charge in [0.05, 0.1) is 12.6 Å². The molecule has 0 radical (unpaired) electrons. The van der Waals surface area contributed by atoms with Crippen molar-refractivity contribution in [1.29, 1.82) is 0 Å². The van der Waals surface area contributed by atoms with E-state index in [1.165, 1.54) is 0 Å². The second-order valence-corrected chi connectivity index (χ2v) is 5.03. The van der Waals surface area contributed by atoms with Gasteiger partial charge in [-0.05, 0) is 0 Å². The number of carbonyl (C=O) groups is 2. The summed E-state index contributed by atoms with van der Waals surface area (Å²) in [7, 11) is 0. The number of carboxylic acids is 1. The minimum Gasteiger partial charge on any atom is -0.476 e. The van der Waals surface area contributed by atoms with E-state index in [0.717, 1.165) is 6.92 Å². The number of aliphatic imine (C=N–C) groups is 1. The number of aliphatic hydroxyl groups excluding tert-OH is 3. The number of nitrogens with one attached hydrogen (secondary N) is 1. The van der Waals surface area contributed by atoms with Gasteiger partial charge in [0.2, 0.25) is 11.7 Å². The predicted octanol–water partition coefficient (Wildman–Crippen LogP) is -3.49. The Hall–Kier alpha value is -2.44. The Labute approximate surface area is 135 Å². The van der Waals surface area contributed by atoms with Gasteiger partial charge in [-0.25, -0.2) is 14.2 Å². The summed E-state index contributed by atoms with van der Waals surface area (Å²) in [6.45, 7) is 0.183. The van der Waals surface area contributed by atoms with Gasteiger partial charge in [-0.15, -0.1) is 0 Å². The molecule has 0 saturated heterocycles. The first kappa shape index (κ1) is 19.6. The molecule has 0 aromatic rings. The highest BCUT2D eigenvalue weighted by Crippen LogP contribution is 2.30. The molecule has 0 spiro atoms. The number of nitrogens with zero attached hydrogens (tertiary/aromatic N) is 1. The number of ether oxygens (including phenoxy) is 1. The molecule has 0 aliphatic carbocycles. The molecular weight excluding hydrogens is 331 g/mol. The van der Waals surface area contributed by atoms with E-state index in [4.69, 9.17) is 26.4 Å². The molecule has 0 bridgehead atoms. The van der Waals surface area contributed by atoms with Crippen LogP contribution in [0.15, 0.2) is 16.6 Å². The Morgan fingerprint density at radius 2 is 2.00 bits per heavy atom. The fourth-order valence-electron chi connectivity index (χ4n) is 2.19. The number of nitrogens with two attached hydrogens (primary N) is 2. The molecule has 1 heterocycles. The molecule has 1 aliphatic heterocycles. The molecular formula is C12H19FN4O7. The number of aliphatic hydroxyl groups is 3. The lowest BCUT2D eigenvalue weighted by Crippen LogP contribution is -2.60. The maximum absolute atomic E-state index is 14.4. The van der Waals surface area contributed by atoms with Crippen LogP contribution in [0.1, 0.15) is 6.92 Å². The third-order valence-corrected chi connectivity index (χ3v) is 3.19. The highest BCUT2D eigenvalue weighted by molar-refractivity contribution is 5.86. The van der Waals surface area contributed by atoms with Crippen molar-refractivity contribution in [3.05, 3.63) is 11.6 Å². The van der Waals surface area contributed by atoms with Crippen LogP contribution in [0.25, 0.3) is 0 Å². The molecule has 136 valence electrons. The lowest BCUT2D eigenvalue weighted by Gasteiger charge is -2.39. The standard InChI is InChI=1S/C12H19FN4O7/c1-3(19)16-7-6(17-12(14)15)5(13)9(11(22)23)24-10(7)8(21)4(20)2-18/h4,6-8,10,18,20-21H,2H2,1H3,(H,16,19)(H,22,23)(H4,14,15,17)/t4-,6+,7-,8-,10-/m1/s1. The van der Waals surface area contributed by atoms with Gasteiger partial charge in [-0.1, -0.05) is 0 Å². The van der Waals surface area contributed by atoms with Crippen LogP contribution in [-0.2, 0) is 14.3 Å². The van der Waals surface area contributed by atoms with Crippen molar-refractivity contribution >= 4 is 17.8 Å². The minimum absolute atomic E-state index is 0.604. The first-order valence-corrected chi connectivity index (χ1v) is 6.72. The van der Waals surface area contributed by atoms with Crippen molar-refractivity contribution in [2.24, 2.45) is 16.5 Å². The van der Waals surface area contributed by atoms with Crippen LogP contribution in [0, 0.1) is 0 Å². The van der Waals surface area contributed by atoms with Gasteiger partial charge >= 0.3 is 5.97 Å². The minimum atomic E-state index is -1.87. The highest BCUT2D eigenvalue weighted by atomic mass is 19.1. The maximum atomic E-state index is 14.4. The number of carbonyl (C=O) groups excluding carboxylic acids is 1. The van der Waals surface area contributed by atoms with Gasteiger partial charge < -0.3 is 41.9 Å². The van der Waals surface area contributed by atoms with E-state index < -0.39 is 66.4 Å². The summed E-state index contributed by atoms with van der Waals surface area (Å²) in [5.74, 6) is -5.65. The average Bonchev–Trinajstić information content (AvgIpc) is 2.48. The number of hydrogen-bond acceptors (Lipinski definition) is 7. The molecule has 0 fully saturated rings. The van der Waals surface area contributed by atoms with Crippen LogP contribution in [0.4, 0.5) is 4.39 Å². The first-order chi connectivity index (χ1) is 11.1. The first-order valence-electron chi connectivity index (χ1n) is 6.72. The van der Waals surface area contributed by atoms with Crippen molar-refractivity contribution in [2.45, 2.75) is 37.3 Å². The second kappa shape index (κ2) is 7.90. The quantitative estimate of drug-likeness (QED) is 0.187. The zero-order chi connectivity index (χ0) is 18.6. The molecule has 9 N–H and O–H groups in total. The maximum Gasteiger partial charge on any atom is 0.374 e. The molecule has 12 heteroatoms. The molecule has 0 unspecified atom stereocenters. The number of carboxylic acid groups (broad SMARTS) is 1. The SMILES string of the molecule is CC(=O)N[C@H]1[C@H]([C@H](O)[C@H](O)CO)OC(C(=O)O)=C(F)[C@@H]1N=C(N)N. The van der Waals surface area contributed by atoms with Crippen LogP contribution >= 0.6 is 0 Å². The van der Waals surface area contributed by atoms with Gasteiger partial charge in [0, 0.05) is 6.92 Å². The van der Waals surface area contributed by atoms with E-state index >= 15 is 0 Å². The van der Waals surface area contributed by atoms with Crippen LogP contribution in [0.3, 0.4) is 0 Å². The van der Waals surface area contributed by atoms with Gasteiger partial charge in [0.1, 0.15) is 18.2 Å². The van der Waals surface area contributed by atoms with Crippen molar-refractivity contribution in [1.82, 2.24) is 5.32 Å². The van der Waals surface area contributed by atoms with Gasteiger partial charge in [-0.2, -0.15) is 0 Å². The van der Waals surface area contributed by atoms with Gasteiger partial charge in [0.25, 0.3) is 0 Å². The van der Waals surface area contributed by atoms with E-state index in [9.17, 15) is 24.2 Å². The van der Waals surface area contributed by atoms with Crippen LogP contribution < -0.4 is 16.8 Å². The highest BCUT2D eigenvalue weighted by Gasteiger charge is 2.48. The Morgan fingerprint density at radius 3 is 2.42 bits per heavy atom. The number of amides is 1. The zero-order valence-corrected chi connectivity index (χ0v) is 12.6. The molecule has 5 atom stereocenters. The summed E-state index contributed by atoms with van der Waals surface area (Å²) >= 11 is 0. The molecule has 11 nitrogen and oxygen atoms in total. The summed E-state index contributed by atoms with van der Waals surface area (Å²) in [6.07, 6.45) is -5.26. The lowest BCUT2D eigenvalue weighted by molar-refractivity contribution is -0.147. The number of guanidine groups is 1. The number of rotatable bonds is 6. The topological polar surface area (TPSA) is 201 Å². The Balaban J connectivity index is 3.42. The summed E-state index contributed by atoms with van der Waals surface area (Å²) in [4.78, 5) is 26.0. The summed E-state index contributed by atoms with van der Waals surface area (Å²) in [5, 5.41) is 39.7. The molecule has 0 aromatic carbocycles. The Kier molecular flexibility index (Phi) is 6.45. The smallest absolute Gasteiger partial charge is 0.374 e. The molecule has 1 amide bonds. The number of hydrogen-bond donors (Lipinski definition) is 7. The second-order valence-electron chi connectivity index (χ2n) is 5.03. The van der Waals surface area contributed by atoms with Crippen LogP contribution in [0.5, 0.6) is 0 Å². The largest absolute Gasteiger partial charge is 0.476 e. The zero-order valence-electron chi connectivity index (χ0n) is 12.6. The lowest BCUT2D eigenvalue weighted by atomic mass is 9.91. The molecule has 1 rings (SSSR count). The van der Waals surface area contributed by atoms with Gasteiger partial charge in [0.15, 0.2) is 17.9 Å². The third-order valence-electron chi connectivity index (χ3n) is 3.19. The molecule has 0 aromatic heterocycles. The van der Waals surface area contributed by atoms with E-state index in [-0.39, 0.29) is 0 Å². The van der Waals surface area contributed by atoms with E-state index in [1.807, 2.05) is 0 Å². The van der Waals surface area contributed by atoms with Crippen molar-refractivity contribution in [3.8, 4) is 0 Å². The van der Waals surface area contributed by atoms with Crippen molar-refractivity contribution in [2.75, 3.05) is 6.61 Å². The normalized spacial score (nSPS) is 26.1. The molecule has 24 heavy (non-hydrogen) atoms. The number of halogens is 1. The summed E-state index contributed by atoms with van der Waals surface area (Å²) in [5.41, 5.74) is 10.4. The van der Waals surface area contributed by atoms with Crippen molar-refractivity contribution in [3.63, 3.8) is 0 Å². The monoisotopic (exact) mass is 350 g/mol. The Morgan fingerprint density at radius 1 is 1.42 bits per heavy atom. The summed E-state index contributed by atoms with van der Waals surface area (Å²) in [6, 6.07) is -3.15. The summed E-state index contributed by atoms with van der Waals surface area (Å²) < 4.78 is 19.2.